The topological polar surface area (TPSA) is 105 Å². The summed E-state index contributed by atoms with van der Waals surface area (Å²) in [6.07, 6.45) is 0. The number of ether oxygens (including phenoxy) is 2. The number of carbonyl (C=O) groups is 2. The van der Waals surface area contributed by atoms with E-state index in [2.05, 4.69) is 26.2 Å². The Kier molecular flexibility index (Phi) is 8.54. The third-order valence-corrected chi connectivity index (χ3v) is 5.25. The molecule has 0 amide bonds. The lowest BCUT2D eigenvalue weighted by Crippen LogP contribution is -2.04. The van der Waals surface area contributed by atoms with Gasteiger partial charge in [-0.15, -0.1) is 0 Å². The van der Waals surface area contributed by atoms with Crippen LogP contribution in [-0.2, 0) is 22.7 Å². The molecule has 170 valence electrons. The van der Waals surface area contributed by atoms with Crippen LogP contribution in [0.1, 0.15) is 43.6 Å². The van der Waals surface area contributed by atoms with Gasteiger partial charge in [-0.3, -0.25) is 0 Å². The molecule has 2 heterocycles. The van der Waals surface area contributed by atoms with Gasteiger partial charge in [0.05, 0.1) is 27.0 Å². The summed E-state index contributed by atoms with van der Waals surface area (Å²) >= 11 is 3.31. The molecule has 0 saturated heterocycles. The van der Waals surface area contributed by atoms with Crippen molar-refractivity contribution in [2.75, 3.05) is 0 Å². The molecule has 0 bridgehead atoms. The maximum absolute atomic E-state index is 11.6. The van der Waals surface area contributed by atoms with E-state index in [4.69, 9.17) is 18.5 Å². The van der Waals surface area contributed by atoms with Crippen LogP contribution in [-0.4, -0.2) is 22.3 Å². The van der Waals surface area contributed by atoms with Gasteiger partial charge in [-0.1, -0.05) is 46.7 Å². The third kappa shape index (κ3) is 7.15. The minimum absolute atomic E-state index is 0.0646. The van der Waals surface area contributed by atoms with E-state index in [0.29, 0.717) is 22.6 Å². The quantitative estimate of drug-likeness (QED) is 0.314. The maximum Gasteiger partial charge on any atom is 0.338 e. The molecule has 0 fully saturated rings. The highest BCUT2D eigenvalue weighted by atomic mass is 79.9. The van der Waals surface area contributed by atoms with Crippen LogP contribution >= 0.6 is 15.9 Å². The molecule has 9 heteroatoms. The molecule has 2 aromatic heterocycles. The van der Waals surface area contributed by atoms with Crippen LogP contribution in [0.3, 0.4) is 0 Å². The minimum atomic E-state index is -0.383. The first-order valence-corrected chi connectivity index (χ1v) is 10.7. The number of halogens is 1. The van der Waals surface area contributed by atoms with Gasteiger partial charge in [0.15, 0.2) is 24.7 Å². The Morgan fingerprint density at radius 1 is 0.818 bits per heavy atom. The summed E-state index contributed by atoms with van der Waals surface area (Å²) < 4.78 is 20.8. The van der Waals surface area contributed by atoms with Gasteiger partial charge in [-0.05, 0) is 54.0 Å². The number of hydrogen-bond acceptors (Lipinski definition) is 8. The zero-order valence-electron chi connectivity index (χ0n) is 18.0. The second-order valence-corrected chi connectivity index (χ2v) is 7.62. The zero-order chi connectivity index (χ0) is 23.6. The molecule has 33 heavy (non-hydrogen) atoms. The van der Waals surface area contributed by atoms with Crippen LogP contribution < -0.4 is 0 Å². The predicted octanol–water partition coefficient (Wildman–Crippen LogP) is 5.44. The normalized spacial score (nSPS) is 10.2. The smallest absolute Gasteiger partial charge is 0.338 e. The number of nitrogens with zero attached hydrogens (tertiary/aromatic N) is 2. The number of rotatable bonds is 6. The summed E-state index contributed by atoms with van der Waals surface area (Å²) in [5.41, 5.74) is 2.54. The number of aryl methyl sites for hydroxylation is 2. The number of benzene rings is 2. The van der Waals surface area contributed by atoms with Crippen LogP contribution in [0.5, 0.6) is 0 Å². The maximum atomic E-state index is 11.6. The lowest BCUT2D eigenvalue weighted by Gasteiger charge is -2.02. The summed E-state index contributed by atoms with van der Waals surface area (Å²) in [6.45, 7) is 3.78. The second-order valence-electron chi connectivity index (χ2n) is 6.82. The first-order chi connectivity index (χ1) is 15.9. The molecule has 0 aliphatic heterocycles. The lowest BCUT2D eigenvalue weighted by molar-refractivity contribution is 0.0429. The molecule has 0 aliphatic rings. The predicted molar refractivity (Wildman–Crippen MR) is 121 cm³/mol. The summed E-state index contributed by atoms with van der Waals surface area (Å²) in [6, 6.07) is 19.4. The van der Waals surface area contributed by atoms with Crippen LogP contribution in [0, 0.1) is 13.8 Å². The van der Waals surface area contributed by atoms with E-state index in [-0.39, 0.29) is 25.2 Å². The monoisotopic (exact) mass is 512 g/mol. The molecule has 4 aromatic rings. The molecule has 4 rings (SSSR count). The number of hydrogen-bond donors (Lipinski definition) is 0. The van der Waals surface area contributed by atoms with Gasteiger partial charge in [0.2, 0.25) is 0 Å². The van der Waals surface area contributed by atoms with Crippen molar-refractivity contribution < 1.29 is 28.1 Å². The number of carbonyl (C=O) groups excluding carboxylic acids is 2. The fraction of sp³-hybridized carbons (Fsp3) is 0.167. The average molecular weight is 513 g/mol. The van der Waals surface area contributed by atoms with Crippen molar-refractivity contribution in [3.05, 3.63) is 105 Å². The Balaban J connectivity index is 0.000000186. The Hall–Kier alpha value is -3.72. The molecule has 0 spiro atoms. The molecule has 0 saturated carbocycles. The molecule has 0 unspecified atom stereocenters. The van der Waals surface area contributed by atoms with Gasteiger partial charge in [0.25, 0.3) is 0 Å². The van der Waals surface area contributed by atoms with Crippen LogP contribution in [0.4, 0.5) is 0 Å². The van der Waals surface area contributed by atoms with E-state index in [0.717, 1.165) is 15.9 Å². The molecule has 0 N–H and O–H groups in total. The number of aromatic nitrogens is 2. The Morgan fingerprint density at radius 3 is 1.82 bits per heavy atom. The SMILES string of the molecule is Cc1cc(COC(=O)c2ccccc2)on1.Cc1noc(COC(=O)c2ccccc2)c1Br. The first-order valence-electron chi connectivity index (χ1n) is 9.91. The van der Waals surface area contributed by atoms with Crippen LogP contribution in [0.2, 0.25) is 0 Å². The third-order valence-electron chi connectivity index (χ3n) is 4.23. The van der Waals surface area contributed by atoms with Gasteiger partial charge >= 0.3 is 11.9 Å². The molecule has 0 radical (unpaired) electrons. The Bertz CT molecular complexity index is 1190. The molecule has 0 aliphatic carbocycles. The average Bonchev–Trinajstić information content (AvgIpc) is 3.42. The van der Waals surface area contributed by atoms with Crippen molar-refractivity contribution in [1.29, 1.82) is 0 Å². The summed E-state index contributed by atoms with van der Waals surface area (Å²) in [5, 5.41) is 7.45. The van der Waals surface area contributed by atoms with E-state index in [1.54, 1.807) is 61.5 Å². The van der Waals surface area contributed by atoms with Crippen molar-refractivity contribution >= 4 is 27.9 Å². The fourth-order valence-corrected chi connectivity index (χ4v) is 2.82. The highest BCUT2D eigenvalue weighted by molar-refractivity contribution is 9.10. The van der Waals surface area contributed by atoms with Crippen molar-refractivity contribution in [1.82, 2.24) is 10.3 Å². The summed E-state index contributed by atoms with van der Waals surface area (Å²) in [5.74, 6) is 0.301. The van der Waals surface area contributed by atoms with Crippen molar-refractivity contribution in [3.63, 3.8) is 0 Å². The van der Waals surface area contributed by atoms with Gasteiger partial charge in [0.1, 0.15) is 0 Å². The standard InChI is InChI=1S/C12H10BrNO3.C12H11NO3/c1-8-11(13)10(17-14-8)7-16-12(15)9-5-3-2-4-6-9;1-9-7-11(16-13-9)8-15-12(14)10-5-3-2-4-6-10/h2-6H,7H2,1H3;2-7H,8H2,1H3. The Labute approximate surface area is 198 Å². The van der Waals surface area contributed by atoms with E-state index in [1.807, 2.05) is 19.1 Å². The van der Waals surface area contributed by atoms with Crippen molar-refractivity contribution in [3.8, 4) is 0 Å². The second kappa shape index (κ2) is 11.8. The van der Waals surface area contributed by atoms with Gasteiger partial charge in [-0.2, -0.15) is 0 Å². The summed E-state index contributed by atoms with van der Waals surface area (Å²) in [4.78, 5) is 23.2. The van der Waals surface area contributed by atoms with Gasteiger partial charge < -0.3 is 18.5 Å². The first kappa shape index (κ1) is 23.9. The Morgan fingerprint density at radius 2 is 1.36 bits per heavy atom. The summed E-state index contributed by atoms with van der Waals surface area (Å²) in [7, 11) is 0. The zero-order valence-corrected chi connectivity index (χ0v) is 19.6. The van der Waals surface area contributed by atoms with Crippen molar-refractivity contribution in [2.45, 2.75) is 27.1 Å². The van der Waals surface area contributed by atoms with E-state index in [1.165, 1.54) is 0 Å². The van der Waals surface area contributed by atoms with E-state index >= 15 is 0 Å². The van der Waals surface area contributed by atoms with Crippen LogP contribution in [0.25, 0.3) is 0 Å². The molecule has 8 nitrogen and oxygen atoms in total. The molecular weight excluding hydrogens is 492 g/mol. The van der Waals surface area contributed by atoms with Gasteiger partial charge in [-0.25, -0.2) is 9.59 Å². The van der Waals surface area contributed by atoms with Crippen LogP contribution in [0.15, 0.2) is 80.2 Å². The molecule has 2 aromatic carbocycles. The fourth-order valence-electron chi connectivity index (χ4n) is 2.56. The number of esters is 2. The molecular formula is C24H21BrN2O6. The minimum Gasteiger partial charge on any atom is -0.454 e. The highest BCUT2D eigenvalue weighted by Gasteiger charge is 2.13. The van der Waals surface area contributed by atoms with Gasteiger partial charge in [0, 0.05) is 6.07 Å². The lowest BCUT2D eigenvalue weighted by atomic mass is 10.2. The molecule has 0 atom stereocenters. The van der Waals surface area contributed by atoms with Crippen molar-refractivity contribution in [2.24, 2.45) is 0 Å². The largest absolute Gasteiger partial charge is 0.454 e. The highest BCUT2D eigenvalue weighted by Crippen LogP contribution is 2.21. The van der Waals surface area contributed by atoms with E-state index in [9.17, 15) is 9.59 Å². The van der Waals surface area contributed by atoms with E-state index < -0.39 is 0 Å².